The molecule has 0 saturated heterocycles. The lowest BCUT2D eigenvalue weighted by molar-refractivity contribution is -0.137. The zero-order chi connectivity index (χ0) is 13.9. The number of ether oxygens (including phenoxy) is 1. The van der Waals surface area contributed by atoms with Crippen molar-refractivity contribution in [3.63, 3.8) is 0 Å². The van der Waals surface area contributed by atoms with Crippen molar-refractivity contribution in [1.29, 1.82) is 0 Å². The van der Waals surface area contributed by atoms with E-state index in [4.69, 9.17) is 4.74 Å². The quantitative estimate of drug-likeness (QED) is 0.534. The van der Waals surface area contributed by atoms with Gasteiger partial charge < -0.3 is 9.30 Å². The summed E-state index contributed by atoms with van der Waals surface area (Å²) in [6.07, 6.45) is 1.19. The summed E-state index contributed by atoms with van der Waals surface area (Å²) in [5.41, 5.74) is 2.31. The van der Waals surface area contributed by atoms with Crippen LogP contribution in [0.15, 0.2) is 61.2 Å². The summed E-state index contributed by atoms with van der Waals surface area (Å²) in [7, 11) is 0. The third-order valence-corrected chi connectivity index (χ3v) is 3.41. The van der Waals surface area contributed by atoms with Crippen LogP contribution in [-0.4, -0.2) is 17.1 Å². The molecule has 3 heteroatoms. The SMILES string of the molecule is C=CC(=O)OCCn1c2ccccc2c2ccccc21. The van der Waals surface area contributed by atoms with Gasteiger partial charge in [-0.15, -0.1) is 0 Å². The van der Waals surface area contributed by atoms with Gasteiger partial charge in [0.15, 0.2) is 0 Å². The molecule has 0 atom stereocenters. The van der Waals surface area contributed by atoms with Gasteiger partial charge in [-0.05, 0) is 12.1 Å². The lowest BCUT2D eigenvalue weighted by Gasteiger charge is -2.07. The number of esters is 1. The molecule has 0 saturated carbocycles. The second-order valence-electron chi connectivity index (χ2n) is 4.56. The Balaban J connectivity index is 2.03. The van der Waals surface area contributed by atoms with E-state index in [1.807, 2.05) is 24.3 Å². The first-order valence-electron chi connectivity index (χ1n) is 6.56. The van der Waals surface area contributed by atoms with Gasteiger partial charge in [0.1, 0.15) is 6.61 Å². The van der Waals surface area contributed by atoms with Crippen LogP contribution in [-0.2, 0) is 16.1 Å². The molecule has 20 heavy (non-hydrogen) atoms. The highest BCUT2D eigenvalue weighted by atomic mass is 16.5. The molecule has 1 aromatic heterocycles. The average Bonchev–Trinajstić information content (AvgIpc) is 2.82. The van der Waals surface area contributed by atoms with Crippen LogP contribution in [0.25, 0.3) is 21.8 Å². The highest BCUT2D eigenvalue weighted by molar-refractivity contribution is 6.07. The van der Waals surface area contributed by atoms with E-state index < -0.39 is 0 Å². The zero-order valence-electron chi connectivity index (χ0n) is 11.1. The maximum absolute atomic E-state index is 11.1. The molecule has 2 aromatic carbocycles. The number of fused-ring (bicyclic) bond motifs is 3. The van der Waals surface area contributed by atoms with Gasteiger partial charge in [-0.25, -0.2) is 4.79 Å². The van der Waals surface area contributed by atoms with Crippen molar-refractivity contribution in [2.45, 2.75) is 6.54 Å². The first kappa shape index (κ1) is 12.5. The van der Waals surface area contributed by atoms with Gasteiger partial charge in [0.25, 0.3) is 0 Å². The summed E-state index contributed by atoms with van der Waals surface area (Å²) in [5.74, 6) is -0.384. The van der Waals surface area contributed by atoms with Crippen LogP contribution in [0.5, 0.6) is 0 Å². The fourth-order valence-electron chi connectivity index (χ4n) is 2.54. The predicted molar refractivity (Wildman–Crippen MR) is 80.6 cm³/mol. The molecule has 3 nitrogen and oxygen atoms in total. The first-order chi connectivity index (χ1) is 9.81. The lowest BCUT2D eigenvalue weighted by Crippen LogP contribution is -2.09. The van der Waals surface area contributed by atoms with E-state index in [1.54, 1.807) is 0 Å². The van der Waals surface area contributed by atoms with E-state index in [0.29, 0.717) is 13.2 Å². The third-order valence-electron chi connectivity index (χ3n) is 3.41. The summed E-state index contributed by atoms with van der Waals surface area (Å²) in [6.45, 7) is 4.37. The van der Waals surface area contributed by atoms with E-state index in [0.717, 1.165) is 11.0 Å². The number of rotatable bonds is 4. The molecule has 0 aliphatic heterocycles. The minimum Gasteiger partial charge on any atom is -0.461 e. The molecular formula is C17H15NO2. The maximum atomic E-state index is 11.1. The van der Waals surface area contributed by atoms with Crippen molar-refractivity contribution in [3.8, 4) is 0 Å². The second-order valence-corrected chi connectivity index (χ2v) is 4.56. The maximum Gasteiger partial charge on any atom is 0.330 e. The van der Waals surface area contributed by atoms with Crippen LogP contribution in [0.1, 0.15) is 0 Å². The van der Waals surface area contributed by atoms with Crippen LogP contribution in [0.4, 0.5) is 0 Å². The van der Waals surface area contributed by atoms with E-state index >= 15 is 0 Å². The minimum absolute atomic E-state index is 0.341. The average molecular weight is 265 g/mol. The highest BCUT2D eigenvalue weighted by Crippen LogP contribution is 2.28. The largest absolute Gasteiger partial charge is 0.461 e. The van der Waals surface area contributed by atoms with Gasteiger partial charge in [0.05, 0.1) is 6.54 Å². The number of benzene rings is 2. The molecule has 3 aromatic rings. The Morgan fingerprint density at radius 3 is 2.15 bits per heavy atom. The normalized spacial score (nSPS) is 10.8. The van der Waals surface area contributed by atoms with Crippen molar-refractivity contribution in [2.24, 2.45) is 0 Å². The van der Waals surface area contributed by atoms with Crippen LogP contribution in [0.3, 0.4) is 0 Å². The molecule has 3 rings (SSSR count). The summed E-state index contributed by atoms with van der Waals surface area (Å²) in [5, 5.41) is 2.44. The minimum atomic E-state index is -0.384. The fraction of sp³-hybridized carbons (Fsp3) is 0.118. The number of hydrogen-bond acceptors (Lipinski definition) is 2. The fourth-order valence-corrected chi connectivity index (χ4v) is 2.54. The number of nitrogens with zero attached hydrogens (tertiary/aromatic N) is 1. The molecule has 1 heterocycles. The number of carbonyl (C=O) groups excluding carboxylic acids is 1. The van der Waals surface area contributed by atoms with Gasteiger partial charge >= 0.3 is 5.97 Å². The molecular weight excluding hydrogens is 250 g/mol. The molecule has 0 unspecified atom stereocenters. The van der Waals surface area contributed by atoms with Crippen molar-refractivity contribution in [3.05, 3.63) is 61.2 Å². The Bertz CT molecular complexity index is 733. The van der Waals surface area contributed by atoms with Crippen LogP contribution in [0.2, 0.25) is 0 Å². The van der Waals surface area contributed by atoms with Crippen molar-refractivity contribution in [2.75, 3.05) is 6.61 Å². The first-order valence-corrected chi connectivity index (χ1v) is 6.56. The molecule has 0 aliphatic rings. The summed E-state index contributed by atoms with van der Waals surface area (Å²) in [6, 6.07) is 16.5. The molecule has 0 aliphatic carbocycles. The second kappa shape index (κ2) is 5.21. The molecule has 0 radical (unpaired) electrons. The predicted octanol–water partition coefficient (Wildman–Crippen LogP) is 3.52. The number of carbonyl (C=O) groups is 1. The molecule has 100 valence electrons. The van der Waals surface area contributed by atoms with E-state index in [9.17, 15) is 4.79 Å². The number of aromatic nitrogens is 1. The van der Waals surface area contributed by atoms with Crippen molar-refractivity contribution in [1.82, 2.24) is 4.57 Å². The topological polar surface area (TPSA) is 31.2 Å². The van der Waals surface area contributed by atoms with Crippen LogP contribution < -0.4 is 0 Å². The molecule has 0 N–H and O–H groups in total. The Morgan fingerprint density at radius 1 is 1.05 bits per heavy atom. The van der Waals surface area contributed by atoms with Crippen LogP contribution in [0, 0.1) is 0 Å². The molecule has 0 spiro atoms. The Hall–Kier alpha value is -2.55. The van der Waals surface area contributed by atoms with Gasteiger partial charge in [0.2, 0.25) is 0 Å². The molecule has 0 fully saturated rings. The van der Waals surface area contributed by atoms with Crippen LogP contribution >= 0.6 is 0 Å². The Morgan fingerprint density at radius 2 is 1.60 bits per heavy atom. The van der Waals surface area contributed by atoms with E-state index in [-0.39, 0.29) is 5.97 Å². The zero-order valence-corrected chi connectivity index (χ0v) is 11.1. The summed E-state index contributed by atoms with van der Waals surface area (Å²) in [4.78, 5) is 11.1. The number of para-hydroxylation sites is 2. The Labute approximate surface area is 117 Å². The smallest absolute Gasteiger partial charge is 0.330 e. The van der Waals surface area contributed by atoms with Gasteiger partial charge in [0, 0.05) is 27.9 Å². The van der Waals surface area contributed by atoms with Gasteiger partial charge in [-0.3, -0.25) is 0 Å². The third kappa shape index (κ3) is 2.07. The van der Waals surface area contributed by atoms with Gasteiger partial charge in [-0.1, -0.05) is 43.0 Å². The highest BCUT2D eigenvalue weighted by Gasteiger charge is 2.09. The van der Waals surface area contributed by atoms with E-state index in [2.05, 4.69) is 35.4 Å². The van der Waals surface area contributed by atoms with Crippen molar-refractivity contribution < 1.29 is 9.53 Å². The number of hydrogen-bond donors (Lipinski definition) is 0. The Kier molecular flexibility index (Phi) is 3.25. The summed E-state index contributed by atoms with van der Waals surface area (Å²) >= 11 is 0. The lowest BCUT2D eigenvalue weighted by atomic mass is 10.2. The standard InChI is InChI=1S/C17H15NO2/c1-2-17(19)20-12-11-18-15-9-5-3-7-13(15)14-8-4-6-10-16(14)18/h2-10H,1,11-12H2. The van der Waals surface area contributed by atoms with Crippen molar-refractivity contribution >= 4 is 27.8 Å². The summed E-state index contributed by atoms with van der Waals surface area (Å²) < 4.78 is 7.27. The van der Waals surface area contributed by atoms with Gasteiger partial charge in [-0.2, -0.15) is 0 Å². The van der Waals surface area contributed by atoms with E-state index in [1.165, 1.54) is 16.8 Å². The molecule has 0 amide bonds. The monoisotopic (exact) mass is 265 g/mol. The molecule has 0 bridgehead atoms.